The summed E-state index contributed by atoms with van der Waals surface area (Å²) in [5, 5.41) is 0. The molecule has 1 aromatic carbocycles. The topological polar surface area (TPSA) is 26.3 Å². The summed E-state index contributed by atoms with van der Waals surface area (Å²) in [7, 11) is 0. The molecule has 0 bridgehead atoms. The summed E-state index contributed by atoms with van der Waals surface area (Å²) in [5.74, 6) is -0.110. The minimum atomic E-state index is -4.42. The number of carbonyl (C=O) groups excluding carboxylic acids is 1. The summed E-state index contributed by atoms with van der Waals surface area (Å²) in [5.41, 5.74) is 0.406. The van der Waals surface area contributed by atoms with Crippen LogP contribution < -0.4 is 4.74 Å². The normalized spacial score (nSPS) is 13.3. The van der Waals surface area contributed by atoms with Gasteiger partial charge in [0.2, 0.25) is 0 Å². The van der Waals surface area contributed by atoms with Crippen molar-refractivity contribution in [2.75, 3.05) is 0 Å². The first-order valence-electron chi connectivity index (χ1n) is 4.75. The SMILES string of the molecule is CC(=O)c1ccc(OC(C)C(F)(F)F)c(Br)c1. The number of rotatable bonds is 3. The van der Waals surface area contributed by atoms with Gasteiger partial charge in [0.1, 0.15) is 5.75 Å². The van der Waals surface area contributed by atoms with Crippen molar-refractivity contribution in [2.45, 2.75) is 26.1 Å². The quantitative estimate of drug-likeness (QED) is 0.789. The van der Waals surface area contributed by atoms with Gasteiger partial charge in [-0.2, -0.15) is 13.2 Å². The van der Waals surface area contributed by atoms with Crippen LogP contribution in [0, 0.1) is 0 Å². The minimum Gasteiger partial charge on any atom is -0.480 e. The number of benzene rings is 1. The third-order valence-electron chi connectivity index (χ3n) is 2.10. The molecular weight excluding hydrogens is 301 g/mol. The number of halogens is 4. The molecule has 0 radical (unpaired) electrons. The molecule has 0 spiro atoms. The van der Waals surface area contributed by atoms with Crippen LogP contribution in [0.25, 0.3) is 0 Å². The molecule has 6 heteroatoms. The molecule has 2 nitrogen and oxygen atoms in total. The molecule has 17 heavy (non-hydrogen) atoms. The van der Waals surface area contributed by atoms with Crippen LogP contribution in [0.1, 0.15) is 24.2 Å². The van der Waals surface area contributed by atoms with Crippen molar-refractivity contribution in [3.63, 3.8) is 0 Å². The van der Waals surface area contributed by atoms with Gasteiger partial charge in [-0.1, -0.05) is 0 Å². The predicted octanol–water partition coefficient (Wildman–Crippen LogP) is 3.98. The fourth-order valence-corrected chi connectivity index (χ4v) is 1.54. The van der Waals surface area contributed by atoms with Crippen LogP contribution in [0.4, 0.5) is 13.2 Å². The number of carbonyl (C=O) groups is 1. The van der Waals surface area contributed by atoms with E-state index in [9.17, 15) is 18.0 Å². The molecule has 94 valence electrons. The van der Waals surface area contributed by atoms with Crippen LogP contribution in [0.2, 0.25) is 0 Å². The first-order valence-corrected chi connectivity index (χ1v) is 5.55. The molecule has 0 saturated heterocycles. The first kappa shape index (κ1) is 14.0. The molecular formula is C11H10BrF3O2. The van der Waals surface area contributed by atoms with Gasteiger partial charge in [0.05, 0.1) is 4.47 Å². The summed E-state index contributed by atoms with van der Waals surface area (Å²) >= 11 is 3.07. The summed E-state index contributed by atoms with van der Waals surface area (Å²) < 4.78 is 41.9. The second-order valence-electron chi connectivity index (χ2n) is 3.50. The Morgan fingerprint density at radius 1 is 1.41 bits per heavy atom. The highest BCUT2D eigenvalue weighted by Crippen LogP contribution is 2.30. The monoisotopic (exact) mass is 310 g/mol. The summed E-state index contributed by atoms with van der Waals surface area (Å²) in [6, 6.07) is 4.19. The van der Waals surface area contributed by atoms with Crippen LogP contribution in [0.3, 0.4) is 0 Å². The van der Waals surface area contributed by atoms with Gasteiger partial charge in [0.25, 0.3) is 0 Å². The highest BCUT2D eigenvalue weighted by Gasteiger charge is 2.38. The molecule has 1 unspecified atom stereocenters. The Balaban J connectivity index is 2.90. The molecule has 0 saturated carbocycles. The average molecular weight is 311 g/mol. The number of hydrogen-bond acceptors (Lipinski definition) is 2. The Morgan fingerprint density at radius 2 is 2.00 bits per heavy atom. The standard InChI is InChI=1S/C11H10BrF3O2/c1-6(16)8-3-4-10(9(12)5-8)17-7(2)11(13,14)15/h3-5,7H,1-2H3. The van der Waals surface area contributed by atoms with Gasteiger partial charge in [0.15, 0.2) is 11.9 Å². The van der Waals surface area contributed by atoms with E-state index in [2.05, 4.69) is 15.9 Å². The van der Waals surface area contributed by atoms with E-state index in [0.717, 1.165) is 6.92 Å². The maximum atomic E-state index is 12.3. The van der Waals surface area contributed by atoms with E-state index in [1.807, 2.05) is 0 Å². The first-order chi connectivity index (χ1) is 7.71. The molecule has 0 amide bonds. The summed E-state index contributed by atoms with van der Waals surface area (Å²) in [6.45, 7) is 2.30. The third kappa shape index (κ3) is 3.73. The molecule has 0 N–H and O–H groups in total. The zero-order valence-corrected chi connectivity index (χ0v) is 10.7. The van der Waals surface area contributed by atoms with E-state index in [1.165, 1.54) is 25.1 Å². The Bertz CT molecular complexity index is 429. The van der Waals surface area contributed by atoms with E-state index >= 15 is 0 Å². The molecule has 0 fully saturated rings. The molecule has 0 aliphatic rings. The molecule has 1 aromatic rings. The van der Waals surface area contributed by atoms with Crippen LogP contribution >= 0.6 is 15.9 Å². The lowest BCUT2D eigenvalue weighted by Gasteiger charge is -2.18. The molecule has 0 aliphatic heterocycles. The number of Topliss-reactive ketones (excluding diaryl/α,β-unsaturated/α-hetero) is 1. The van der Waals surface area contributed by atoms with Crippen molar-refractivity contribution in [3.8, 4) is 5.75 Å². The summed E-state index contributed by atoms with van der Waals surface area (Å²) in [4.78, 5) is 11.0. The summed E-state index contributed by atoms with van der Waals surface area (Å²) in [6.07, 6.45) is -6.32. The van der Waals surface area contributed by atoms with Crippen LogP contribution in [-0.4, -0.2) is 18.1 Å². The fraction of sp³-hybridized carbons (Fsp3) is 0.364. The van der Waals surface area contributed by atoms with Crippen molar-refractivity contribution < 1.29 is 22.7 Å². The smallest absolute Gasteiger partial charge is 0.425 e. The lowest BCUT2D eigenvalue weighted by Crippen LogP contribution is -2.31. The molecule has 1 atom stereocenters. The van der Waals surface area contributed by atoms with E-state index in [-0.39, 0.29) is 11.5 Å². The Morgan fingerprint density at radius 3 is 2.41 bits per heavy atom. The van der Waals surface area contributed by atoms with Gasteiger partial charge in [-0.3, -0.25) is 4.79 Å². The number of alkyl halides is 3. The van der Waals surface area contributed by atoms with Crippen molar-refractivity contribution in [2.24, 2.45) is 0 Å². The Labute approximate surface area is 105 Å². The largest absolute Gasteiger partial charge is 0.480 e. The second-order valence-corrected chi connectivity index (χ2v) is 4.36. The van der Waals surface area contributed by atoms with Crippen LogP contribution in [0.5, 0.6) is 5.75 Å². The van der Waals surface area contributed by atoms with Crippen LogP contribution in [-0.2, 0) is 0 Å². The van der Waals surface area contributed by atoms with Gasteiger partial charge in [-0.25, -0.2) is 0 Å². The van der Waals surface area contributed by atoms with E-state index in [0.29, 0.717) is 10.0 Å². The highest BCUT2D eigenvalue weighted by molar-refractivity contribution is 9.10. The molecule has 0 aromatic heterocycles. The highest BCUT2D eigenvalue weighted by atomic mass is 79.9. The lowest BCUT2D eigenvalue weighted by atomic mass is 10.1. The van der Waals surface area contributed by atoms with E-state index in [4.69, 9.17) is 4.74 Å². The van der Waals surface area contributed by atoms with Gasteiger partial charge < -0.3 is 4.74 Å². The molecule has 0 aliphatic carbocycles. The number of ketones is 1. The van der Waals surface area contributed by atoms with E-state index in [1.54, 1.807) is 0 Å². The van der Waals surface area contributed by atoms with Crippen molar-refractivity contribution in [1.82, 2.24) is 0 Å². The van der Waals surface area contributed by atoms with Gasteiger partial charge in [-0.05, 0) is 48.0 Å². The van der Waals surface area contributed by atoms with Crippen LogP contribution in [0.15, 0.2) is 22.7 Å². The average Bonchev–Trinajstić information content (AvgIpc) is 2.19. The van der Waals surface area contributed by atoms with Crippen molar-refractivity contribution in [1.29, 1.82) is 0 Å². The minimum absolute atomic E-state index is 0.0554. The van der Waals surface area contributed by atoms with Gasteiger partial charge >= 0.3 is 6.18 Å². The lowest BCUT2D eigenvalue weighted by molar-refractivity contribution is -0.189. The molecule has 1 rings (SSSR count). The maximum absolute atomic E-state index is 12.3. The Hall–Kier alpha value is -1.04. The van der Waals surface area contributed by atoms with Crippen molar-refractivity contribution >= 4 is 21.7 Å². The number of hydrogen-bond donors (Lipinski definition) is 0. The Kier molecular flexibility index (Phi) is 4.19. The maximum Gasteiger partial charge on any atom is 0.425 e. The number of ether oxygens (including phenoxy) is 1. The van der Waals surface area contributed by atoms with Crippen molar-refractivity contribution in [3.05, 3.63) is 28.2 Å². The zero-order chi connectivity index (χ0) is 13.2. The predicted molar refractivity (Wildman–Crippen MR) is 60.3 cm³/mol. The van der Waals surface area contributed by atoms with Gasteiger partial charge in [-0.15, -0.1) is 0 Å². The van der Waals surface area contributed by atoms with Gasteiger partial charge in [0, 0.05) is 5.56 Å². The fourth-order valence-electron chi connectivity index (χ4n) is 1.07. The third-order valence-corrected chi connectivity index (χ3v) is 2.72. The second kappa shape index (κ2) is 5.08. The molecule has 0 heterocycles. The zero-order valence-electron chi connectivity index (χ0n) is 9.14. The van der Waals surface area contributed by atoms with E-state index < -0.39 is 12.3 Å².